The summed E-state index contributed by atoms with van der Waals surface area (Å²) in [7, 11) is 4.00. The molecule has 34 nitrogen and oxygen atoms in total. The number of carbonyl (C=O) groups is 6. The van der Waals surface area contributed by atoms with E-state index in [0.717, 1.165) is 210 Å². The van der Waals surface area contributed by atoms with E-state index in [2.05, 4.69) is 160 Å². The molecule has 11 N–H and O–H groups in total. The molecule has 0 bridgehead atoms. The minimum Gasteiger partial charge on any atom is -0.376 e. The number of hydrogen-bond acceptors (Lipinski definition) is 28. The number of nitrogens with zero attached hydrogens (tertiary/aromatic N) is 17. The number of carbonyl (C=O) groups excluding carboxylic acids is 6. The van der Waals surface area contributed by atoms with Gasteiger partial charge in [-0.15, -0.1) is 45.3 Å². The van der Waals surface area contributed by atoms with Crippen molar-refractivity contribution in [3.05, 3.63) is 270 Å². The molecule has 4 aromatic carbocycles. The van der Waals surface area contributed by atoms with Crippen LogP contribution in [0.25, 0.3) is 220 Å². The topological polar surface area (TPSA) is 474 Å². The highest BCUT2D eigenvalue weighted by Crippen LogP contribution is 2.43. The van der Waals surface area contributed by atoms with Gasteiger partial charge in [0.15, 0.2) is 46.4 Å². The van der Waals surface area contributed by atoms with Crippen molar-refractivity contribution < 1.29 is 28.8 Å². The zero-order valence-corrected chi connectivity index (χ0v) is 85.0. The fraction of sp³-hybridized carbons (Fsp3) is 0.145. The van der Waals surface area contributed by atoms with Gasteiger partial charge in [-0.25, -0.2) is 19.9 Å². The average Bonchev–Trinajstić information content (AvgIpc) is 1.62. The van der Waals surface area contributed by atoms with Crippen LogP contribution in [0.15, 0.2) is 245 Å². The zero-order valence-electron chi connectivity index (χ0n) is 81.8. The monoisotopic (exact) mass is 2030 g/mol. The normalized spacial score (nSPS) is 11.5. The lowest BCUT2D eigenvalue weighted by Gasteiger charge is -2.17. The molecular weight excluding hydrogens is 1940 g/mol. The Morgan fingerprint density at radius 3 is 0.946 bits per heavy atom. The van der Waals surface area contributed by atoms with Crippen molar-refractivity contribution in [1.82, 2.24) is 126 Å². The Hall–Kier alpha value is -18.0. The molecule has 24 aromatic rings. The number of aromatic amines is 8. The standard InChI is InChI=1S/C29H25N7O2S.C28H23N7O2S.C27H23N7OS.C26H21N7OS/c1-15(37)23-7-8-24(39-23)20-13-31-14-22-25(20)34-27(33-22)26-19-10-16(5-6-21(19)35-36-26)17-9-18(12-30-11-17)32-28(38)29(2,3)4;1-14(2)28(37)31-18-8-17(10-29-11-18)16-4-5-21-19(9-16)26(35-34-21)27-32-22-13-30-12-20(25(22)33-27)24-7-6-23(38-24)15(3)36;1-3-28-10-16-8-18(12-29-11-16)17-4-5-21-19(9-17)26(34-33-21)27-31-22-14-30-13-20(25(22)32-27)24-7-6-23(36-24)15(2)35;1-14(34)22-6-7-23(35-22)19-12-28-13-21-24(19)30-26(29-21)25-18-9-15(4-5-20(18)31-32-25)16-8-17(33(2)3)11-27-10-16/h5-14H,1-4H3,(H,32,38)(H,33,34)(H,35,36);4-14H,1-3H3,(H,31,37)(H,32,33)(H,34,35);4-9,11-14,28H,3,10H2,1-2H3,(H,31,32)(H,33,34);4-13H,1-3H3,(H,29,30)(H,31,32). The third-order valence-electron chi connectivity index (χ3n) is 24.8. The second-order valence-corrected chi connectivity index (χ2v) is 41.2. The van der Waals surface area contributed by atoms with Crippen LogP contribution in [0.4, 0.5) is 17.1 Å². The Labute approximate surface area is 859 Å². The van der Waals surface area contributed by atoms with Crippen molar-refractivity contribution in [3.8, 4) is 132 Å². The maximum atomic E-state index is 12.5. The van der Waals surface area contributed by atoms with Crippen LogP contribution >= 0.6 is 45.3 Å². The molecule has 24 rings (SSSR count). The maximum Gasteiger partial charge on any atom is 0.229 e. The summed E-state index contributed by atoms with van der Waals surface area (Å²) in [6.45, 7) is 19.4. The van der Waals surface area contributed by atoms with Gasteiger partial charge in [0.05, 0.1) is 124 Å². The van der Waals surface area contributed by atoms with Gasteiger partial charge >= 0.3 is 0 Å². The third kappa shape index (κ3) is 19.7. The van der Waals surface area contributed by atoms with Crippen LogP contribution in [0.2, 0.25) is 0 Å². The number of Topliss-reactive ketones (excluding diaryl/α,β-unsaturated/α-hetero) is 4. The van der Waals surface area contributed by atoms with Gasteiger partial charge in [0, 0.05) is 173 Å². The molecule has 0 atom stereocenters. The summed E-state index contributed by atoms with van der Waals surface area (Å²) < 4.78 is 0. The fourth-order valence-electron chi connectivity index (χ4n) is 16.9. The zero-order chi connectivity index (χ0) is 102. The van der Waals surface area contributed by atoms with E-state index in [0.29, 0.717) is 65.6 Å². The number of H-pyrrole nitrogens is 8. The number of amides is 2. The number of aromatic nitrogens is 24. The second-order valence-electron chi connectivity index (χ2n) is 36.8. The largest absolute Gasteiger partial charge is 0.376 e. The molecule has 2 amide bonds. The summed E-state index contributed by atoms with van der Waals surface area (Å²) in [6, 6.07) is 47.6. The number of pyridine rings is 8. The Balaban J connectivity index is 0.000000116. The molecule has 0 fully saturated rings. The molecule has 20 heterocycles. The highest BCUT2D eigenvalue weighted by Gasteiger charge is 2.27. The van der Waals surface area contributed by atoms with E-state index >= 15 is 0 Å². The van der Waals surface area contributed by atoms with Crippen molar-refractivity contribution in [2.24, 2.45) is 11.3 Å². The first kappa shape index (κ1) is 96.2. The van der Waals surface area contributed by atoms with E-state index < -0.39 is 5.41 Å². The maximum absolute atomic E-state index is 12.5. The molecule has 0 aliphatic carbocycles. The van der Waals surface area contributed by atoms with Gasteiger partial charge in [0.1, 0.15) is 44.8 Å². The van der Waals surface area contributed by atoms with Crippen molar-refractivity contribution in [2.75, 3.05) is 36.2 Å². The third-order valence-corrected chi connectivity index (χ3v) is 29.6. The number of anilines is 3. The van der Waals surface area contributed by atoms with Crippen LogP contribution in [-0.4, -0.2) is 176 Å². The highest BCUT2D eigenvalue weighted by molar-refractivity contribution is 7.18. The first-order valence-electron chi connectivity index (χ1n) is 47.2. The number of hydrogen-bond donors (Lipinski definition) is 11. The first-order chi connectivity index (χ1) is 71.6. The van der Waals surface area contributed by atoms with E-state index in [1.807, 2.05) is 188 Å². The lowest BCUT2D eigenvalue weighted by atomic mass is 9.95. The first-order valence-corrected chi connectivity index (χ1v) is 50.4. The number of rotatable bonds is 23. The Morgan fingerprint density at radius 2 is 0.642 bits per heavy atom. The Bertz CT molecular complexity index is 9310. The van der Waals surface area contributed by atoms with E-state index in [9.17, 15) is 28.8 Å². The predicted molar refractivity (Wildman–Crippen MR) is 585 cm³/mol. The van der Waals surface area contributed by atoms with Gasteiger partial charge in [-0.2, -0.15) is 20.4 Å². The number of ketones is 4. The molecule has 148 heavy (non-hydrogen) atoms. The van der Waals surface area contributed by atoms with Crippen molar-refractivity contribution >= 4 is 185 Å². The Kier molecular flexibility index (Phi) is 26.2. The van der Waals surface area contributed by atoms with Gasteiger partial charge < -0.3 is 40.8 Å². The lowest BCUT2D eigenvalue weighted by Crippen LogP contribution is -2.27. The van der Waals surface area contributed by atoms with E-state index in [1.54, 1.807) is 102 Å². The molecule has 0 aliphatic rings. The smallest absolute Gasteiger partial charge is 0.229 e. The van der Waals surface area contributed by atoms with Gasteiger partial charge in [-0.05, 0) is 183 Å². The van der Waals surface area contributed by atoms with Crippen molar-refractivity contribution in [1.29, 1.82) is 0 Å². The molecule has 0 aliphatic heterocycles. The van der Waals surface area contributed by atoms with Crippen molar-refractivity contribution in [2.45, 2.75) is 75.8 Å². The SMILES string of the molecule is CC(=O)c1ccc(-c2cncc3[nH]c(-c4n[nH]c5ccc(-c6cncc(N(C)C)c6)cc45)nc23)s1.CC(=O)c1ccc(-c2cncc3[nH]c(-c4n[nH]c5ccc(-c6cncc(NC(=O)C(C)(C)C)c6)cc45)nc23)s1.CC(=O)c1ccc(-c2cncc3[nH]c(-c4n[nH]c5ccc(-c6cncc(NC(=O)C(C)C)c6)cc45)nc23)s1.CCNCc1cncc(-c2ccc3[nH]nc(-c4nc5c(-c6ccc(C(C)=O)s6)cncc5[nH]4)c3c2)c1. The molecule has 0 unspecified atom stereocenters. The summed E-state index contributed by atoms with van der Waals surface area (Å²) in [5.74, 6) is 2.43. The van der Waals surface area contributed by atoms with Crippen LogP contribution in [0, 0.1) is 11.3 Å². The summed E-state index contributed by atoms with van der Waals surface area (Å²) >= 11 is 5.75. The van der Waals surface area contributed by atoms with Crippen molar-refractivity contribution in [3.63, 3.8) is 0 Å². The number of thiophene rings is 4. The molecular formula is C110H92N28O6S4. The van der Waals surface area contributed by atoms with E-state index in [4.69, 9.17) is 19.9 Å². The van der Waals surface area contributed by atoms with Crippen LogP contribution in [0.3, 0.4) is 0 Å². The predicted octanol–water partition coefficient (Wildman–Crippen LogP) is 23.7. The minimum atomic E-state index is -0.512. The number of nitrogens with one attached hydrogen (secondary N) is 11. The highest BCUT2D eigenvalue weighted by atomic mass is 32.1. The number of benzene rings is 4. The van der Waals surface area contributed by atoms with E-state index in [1.165, 1.54) is 45.3 Å². The van der Waals surface area contributed by atoms with Gasteiger partial charge in [-0.1, -0.05) is 65.8 Å². The quantitative estimate of drug-likeness (QED) is 0.0265. The van der Waals surface area contributed by atoms with Gasteiger partial charge in [0.2, 0.25) is 11.8 Å². The molecule has 38 heteroatoms. The average molecular weight is 2030 g/mol. The Morgan fingerprint density at radius 1 is 0.338 bits per heavy atom. The second kappa shape index (κ2) is 40.3. The van der Waals surface area contributed by atoms with Gasteiger partial charge in [-0.3, -0.25) is 89.0 Å². The van der Waals surface area contributed by atoms with E-state index in [-0.39, 0.29) is 40.9 Å². The molecule has 0 spiro atoms. The lowest BCUT2D eigenvalue weighted by molar-refractivity contribution is -0.123. The minimum absolute atomic E-state index is 0.0326. The molecule has 732 valence electrons. The summed E-state index contributed by atoms with van der Waals surface area (Å²) in [6.07, 6.45) is 28.4. The van der Waals surface area contributed by atoms with Crippen LogP contribution in [0.5, 0.6) is 0 Å². The fourth-order valence-corrected chi connectivity index (χ4v) is 20.5. The number of fused-ring (bicyclic) bond motifs is 8. The molecule has 0 saturated heterocycles. The number of imidazole rings is 4. The van der Waals surface area contributed by atoms with Gasteiger partial charge in [0.25, 0.3) is 0 Å². The summed E-state index contributed by atoms with van der Waals surface area (Å²) in [5, 5.41) is 43.6. The summed E-state index contributed by atoms with van der Waals surface area (Å²) in [5.41, 5.74) is 26.9. The summed E-state index contributed by atoms with van der Waals surface area (Å²) in [4.78, 5) is 148. The molecule has 0 saturated carbocycles. The van der Waals surface area contributed by atoms with Crippen LogP contribution in [0.1, 0.15) is 113 Å². The molecule has 20 aromatic heterocycles. The van der Waals surface area contributed by atoms with Crippen LogP contribution in [-0.2, 0) is 16.1 Å². The van der Waals surface area contributed by atoms with Crippen LogP contribution < -0.4 is 20.9 Å². The molecule has 0 radical (unpaired) electrons.